The summed E-state index contributed by atoms with van der Waals surface area (Å²) in [6.07, 6.45) is 4.39. The van der Waals surface area contributed by atoms with Gasteiger partial charge in [-0.3, -0.25) is 14.5 Å². The number of rotatable bonds is 5. The molecule has 4 unspecified atom stereocenters. The van der Waals surface area contributed by atoms with Crippen LogP contribution < -0.4 is 4.74 Å². The monoisotopic (exact) mass is 493 g/mol. The van der Waals surface area contributed by atoms with Gasteiger partial charge in [-0.05, 0) is 52.7 Å². The van der Waals surface area contributed by atoms with Crippen LogP contribution >= 0.6 is 0 Å². The topological polar surface area (TPSA) is 84.2 Å². The van der Waals surface area contributed by atoms with Crippen LogP contribution in [-0.2, 0) is 20.9 Å². The number of hydrogen-bond acceptors (Lipinski definition) is 5. The van der Waals surface area contributed by atoms with Gasteiger partial charge in [-0.15, -0.1) is 0 Å². The quantitative estimate of drug-likeness (QED) is 0.640. The van der Waals surface area contributed by atoms with Crippen molar-refractivity contribution >= 4 is 22.7 Å². The second-order valence-corrected chi connectivity index (χ2v) is 10.5. The Morgan fingerprint density at radius 3 is 2.56 bits per heavy atom. The molecule has 0 spiro atoms. The van der Waals surface area contributed by atoms with Gasteiger partial charge in [0.2, 0.25) is 5.91 Å². The highest BCUT2D eigenvalue weighted by atomic mass is 16.5. The normalized spacial score (nSPS) is 27.0. The maximum Gasteiger partial charge on any atom is 0.279 e. The lowest BCUT2D eigenvalue weighted by atomic mass is 9.82. The molecule has 2 saturated heterocycles. The number of nitrogens with zero attached hydrogens (tertiary/aromatic N) is 3. The van der Waals surface area contributed by atoms with Gasteiger partial charge in [-0.1, -0.05) is 23.3 Å². The molecule has 3 aliphatic heterocycles. The van der Waals surface area contributed by atoms with E-state index >= 15 is 0 Å². The molecule has 8 heteroatoms. The summed E-state index contributed by atoms with van der Waals surface area (Å²) < 4.78 is 13.6. The second kappa shape index (κ2) is 8.78. The number of methoxy groups -OCH3 is 2. The number of carbonyl (C=O) groups is 2. The molecule has 4 atom stereocenters. The van der Waals surface area contributed by atoms with E-state index in [4.69, 9.17) is 9.47 Å². The van der Waals surface area contributed by atoms with E-state index in [9.17, 15) is 14.7 Å². The predicted octanol–water partition coefficient (Wildman–Crippen LogP) is 3.85. The SMILES string of the molecule is COc1ccc2c3c(n(CC=C(C)C)c2c1)C(C=C(C)C)N1C(=O)C2CCCN2C(=O)C1(O)C3OC. The molecule has 1 aromatic carbocycles. The third kappa shape index (κ3) is 3.34. The zero-order valence-electron chi connectivity index (χ0n) is 21.9. The van der Waals surface area contributed by atoms with Gasteiger partial charge in [0, 0.05) is 37.2 Å². The van der Waals surface area contributed by atoms with Crippen LogP contribution in [0.3, 0.4) is 0 Å². The first-order valence-electron chi connectivity index (χ1n) is 12.5. The molecule has 2 fully saturated rings. The highest BCUT2D eigenvalue weighted by Crippen LogP contribution is 2.53. The van der Waals surface area contributed by atoms with Gasteiger partial charge in [0.1, 0.15) is 17.9 Å². The lowest BCUT2D eigenvalue weighted by Crippen LogP contribution is -2.74. The lowest BCUT2D eigenvalue weighted by molar-refractivity contribution is -0.233. The number of allylic oxidation sites excluding steroid dienone is 3. The largest absolute Gasteiger partial charge is 0.497 e. The maximum absolute atomic E-state index is 14.0. The van der Waals surface area contributed by atoms with Crippen LogP contribution in [0.5, 0.6) is 5.75 Å². The van der Waals surface area contributed by atoms with Crippen LogP contribution in [0.2, 0.25) is 0 Å². The van der Waals surface area contributed by atoms with E-state index in [1.807, 2.05) is 52.0 Å². The van der Waals surface area contributed by atoms with Gasteiger partial charge in [0.15, 0.2) is 0 Å². The predicted molar refractivity (Wildman–Crippen MR) is 136 cm³/mol. The van der Waals surface area contributed by atoms with Crippen LogP contribution in [-0.4, -0.2) is 63.8 Å². The number of piperazine rings is 1. The highest BCUT2D eigenvalue weighted by Gasteiger charge is 2.66. The van der Waals surface area contributed by atoms with Crippen molar-refractivity contribution in [3.63, 3.8) is 0 Å². The Kier molecular flexibility index (Phi) is 6.00. The Morgan fingerprint density at radius 2 is 1.92 bits per heavy atom. The first-order valence-corrected chi connectivity index (χ1v) is 12.5. The van der Waals surface area contributed by atoms with Crippen molar-refractivity contribution in [2.45, 2.75) is 71.0 Å². The van der Waals surface area contributed by atoms with Crippen molar-refractivity contribution < 1.29 is 24.2 Å². The Bertz CT molecular complexity index is 1300. The molecule has 4 heterocycles. The Morgan fingerprint density at radius 1 is 1.17 bits per heavy atom. The molecule has 3 aliphatic rings. The first-order chi connectivity index (χ1) is 17.1. The average Bonchev–Trinajstić information content (AvgIpc) is 3.44. The third-order valence-electron chi connectivity index (χ3n) is 7.67. The standard InChI is InChI=1S/C28H35N3O5/c1-16(2)11-13-29-21-15-18(35-5)9-10-19(21)23-24(29)22(14-17(3)4)31-26(32)20-8-7-12-30(20)27(33)28(31,34)25(23)36-6/h9-11,14-15,20,22,25,34H,7-8,12-13H2,1-6H3. The molecule has 36 heavy (non-hydrogen) atoms. The Labute approximate surface area is 211 Å². The summed E-state index contributed by atoms with van der Waals surface area (Å²) in [4.78, 5) is 30.9. The van der Waals surface area contributed by atoms with Crippen LogP contribution in [0.4, 0.5) is 0 Å². The third-order valence-corrected chi connectivity index (χ3v) is 7.67. The maximum atomic E-state index is 14.0. The van der Waals surface area contributed by atoms with Gasteiger partial charge in [0.05, 0.1) is 24.4 Å². The highest BCUT2D eigenvalue weighted by molar-refractivity contribution is 6.02. The Balaban J connectivity index is 1.88. The van der Waals surface area contributed by atoms with E-state index in [-0.39, 0.29) is 5.91 Å². The van der Waals surface area contributed by atoms with Crippen molar-refractivity contribution in [3.05, 3.63) is 52.8 Å². The molecule has 2 amide bonds. The minimum atomic E-state index is -2.15. The van der Waals surface area contributed by atoms with Crippen LogP contribution in [0, 0.1) is 0 Å². The number of aliphatic hydroxyl groups is 1. The Hall–Kier alpha value is -3.10. The van der Waals surface area contributed by atoms with E-state index in [2.05, 4.69) is 10.6 Å². The number of fused-ring (bicyclic) bond motifs is 5. The van der Waals surface area contributed by atoms with E-state index in [0.29, 0.717) is 25.3 Å². The molecule has 192 valence electrons. The number of benzene rings is 1. The van der Waals surface area contributed by atoms with Crippen LogP contribution in [0.15, 0.2) is 41.5 Å². The molecular weight excluding hydrogens is 458 g/mol. The molecule has 1 N–H and O–H groups in total. The fourth-order valence-corrected chi connectivity index (χ4v) is 6.14. The summed E-state index contributed by atoms with van der Waals surface area (Å²) in [5.41, 5.74) is 2.48. The summed E-state index contributed by atoms with van der Waals surface area (Å²) in [5.74, 6) is 0.00197. The zero-order valence-corrected chi connectivity index (χ0v) is 21.9. The van der Waals surface area contributed by atoms with Crippen molar-refractivity contribution in [3.8, 4) is 5.75 Å². The fourth-order valence-electron chi connectivity index (χ4n) is 6.14. The smallest absolute Gasteiger partial charge is 0.279 e. The number of hydrogen-bond donors (Lipinski definition) is 1. The lowest BCUT2D eigenvalue weighted by Gasteiger charge is -2.55. The zero-order chi connectivity index (χ0) is 25.9. The fraction of sp³-hybridized carbons (Fsp3) is 0.500. The number of aromatic nitrogens is 1. The molecule has 2 aromatic rings. The second-order valence-electron chi connectivity index (χ2n) is 10.5. The van der Waals surface area contributed by atoms with Crippen LogP contribution in [0.1, 0.15) is 63.9 Å². The van der Waals surface area contributed by atoms with E-state index in [0.717, 1.165) is 39.7 Å². The molecule has 5 rings (SSSR count). The summed E-state index contributed by atoms with van der Waals surface area (Å²) in [7, 11) is 3.12. The van der Waals surface area contributed by atoms with Gasteiger partial charge in [0.25, 0.3) is 11.6 Å². The molecular formula is C28H35N3O5. The molecule has 0 radical (unpaired) electrons. The number of carbonyl (C=O) groups excluding carboxylic acids is 2. The molecule has 0 saturated carbocycles. The van der Waals surface area contributed by atoms with Crippen LogP contribution in [0.25, 0.3) is 10.9 Å². The van der Waals surface area contributed by atoms with Gasteiger partial charge >= 0.3 is 0 Å². The number of ether oxygens (including phenoxy) is 2. The summed E-state index contributed by atoms with van der Waals surface area (Å²) in [6.45, 7) is 9.04. The van der Waals surface area contributed by atoms with Gasteiger partial charge in [-0.2, -0.15) is 0 Å². The number of amides is 2. The minimum Gasteiger partial charge on any atom is -0.497 e. The molecule has 1 aromatic heterocycles. The summed E-state index contributed by atoms with van der Waals surface area (Å²) in [5, 5.41) is 13.1. The van der Waals surface area contributed by atoms with Crippen molar-refractivity contribution in [2.24, 2.45) is 0 Å². The minimum absolute atomic E-state index is 0.235. The molecule has 0 aliphatic carbocycles. The van der Waals surface area contributed by atoms with Gasteiger partial charge in [-0.25, -0.2) is 0 Å². The molecule has 0 bridgehead atoms. The average molecular weight is 494 g/mol. The van der Waals surface area contributed by atoms with E-state index in [1.165, 1.54) is 12.0 Å². The van der Waals surface area contributed by atoms with E-state index in [1.54, 1.807) is 12.0 Å². The van der Waals surface area contributed by atoms with Crippen molar-refractivity contribution in [1.29, 1.82) is 0 Å². The van der Waals surface area contributed by atoms with Gasteiger partial charge < -0.3 is 24.0 Å². The van der Waals surface area contributed by atoms with Crippen molar-refractivity contribution in [1.82, 2.24) is 14.4 Å². The first kappa shape index (κ1) is 24.6. The van der Waals surface area contributed by atoms with E-state index < -0.39 is 29.8 Å². The summed E-state index contributed by atoms with van der Waals surface area (Å²) >= 11 is 0. The summed E-state index contributed by atoms with van der Waals surface area (Å²) in [6, 6.07) is 4.59. The molecule has 8 nitrogen and oxygen atoms in total. The van der Waals surface area contributed by atoms with Crippen molar-refractivity contribution in [2.75, 3.05) is 20.8 Å².